The molecule has 114 valence electrons. The number of aliphatic carboxylic acids is 1. The van der Waals surface area contributed by atoms with Crippen molar-refractivity contribution in [2.24, 2.45) is 5.92 Å². The predicted molar refractivity (Wildman–Crippen MR) is 74.4 cm³/mol. The van der Waals surface area contributed by atoms with Gasteiger partial charge in [-0.3, -0.25) is 9.59 Å². The molecule has 2 fully saturated rings. The molecule has 1 aliphatic carbocycles. The normalized spacial score (nSPS) is 21.6. The van der Waals surface area contributed by atoms with Gasteiger partial charge in [0.2, 0.25) is 5.91 Å². The fraction of sp³-hybridized carbons (Fsp3) is 0.867. The number of rotatable bonds is 5. The summed E-state index contributed by atoms with van der Waals surface area (Å²) in [6, 6.07) is 0.164. The van der Waals surface area contributed by atoms with Crippen LogP contribution in [0.4, 0.5) is 0 Å². The zero-order valence-corrected chi connectivity index (χ0v) is 12.1. The summed E-state index contributed by atoms with van der Waals surface area (Å²) in [6.45, 7) is 1.69. The Labute approximate surface area is 120 Å². The number of carbonyl (C=O) groups excluding carboxylic acids is 1. The monoisotopic (exact) mass is 283 g/mol. The Kier molecular flexibility index (Phi) is 5.83. The van der Waals surface area contributed by atoms with Crippen molar-refractivity contribution < 1.29 is 19.4 Å². The van der Waals surface area contributed by atoms with E-state index in [1.54, 1.807) is 0 Å². The summed E-state index contributed by atoms with van der Waals surface area (Å²) in [5.41, 5.74) is 0. The van der Waals surface area contributed by atoms with E-state index in [2.05, 4.69) is 0 Å². The van der Waals surface area contributed by atoms with E-state index in [0.29, 0.717) is 19.8 Å². The highest BCUT2D eigenvalue weighted by Crippen LogP contribution is 2.27. The molecule has 1 amide bonds. The Balaban J connectivity index is 1.99. The van der Waals surface area contributed by atoms with Crippen molar-refractivity contribution in [1.82, 2.24) is 4.90 Å². The molecule has 5 nitrogen and oxygen atoms in total. The minimum atomic E-state index is -0.835. The standard InChI is InChI=1S/C15H25NO4/c17-14(18)6-9-16(13-7-10-20-11-8-13)15(19)12-4-2-1-3-5-12/h12-13H,1-11H2,(H,17,18). The summed E-state index contributed by atoms with van der Waals surface area (Å²) in [7, 11) is 0. The van der Waals surface area contributed by atoms with Crippen molar-refractivity contribution in [2.45, 2.75) is 57.4 Å². The third-order valence-electron chi connectivity index (χ3n) is 4.44. The lowest BCUT2D eigenvalue weighted by Crippen LogP contribution is -2.47. The molecule has 1 aliphatic heterocycles. The molecule has 0 atom stereocenters. The number of ether oxygens (including phenoxy) is 1. The Morgan fingerprint density at radius 3 is 2.30 bits per heavy atom. The molecule has 1 heterocycles. The predicted octanol–water partition coefficient (Wildman–Crippen LogP) is 2.05. The maximum atomic E-state index is 12.7. The van der Waals surface area contributed by atoms with Gasteiger partial charge in [-0.05, 0) is 25.7 Å². The van der Waals surface area contributed by atoms with E-state index >= 15 is 0 Å². The van der Waals surface area contributed by atoms with Crippen LogP contribution < -0.4 is 0 Å². The third kappa shape index (κ3) is 4.20. The van der Waals surface area contributed by atoms with Crippen molar-refractivity contribution in [2.75, 3.05) is 19.8 Å². The molecule has 1 saturated carbocycles. The Hall–Kier alpha value is -1.10. The molecule has 5 heteroatoms. The molecule has 0 aromatic carbocycles. The van der Waals surface area contributed by atoms with Crippen molar-refractivity contribution in [1.29, 1.82) is 0 Å². The van der Waals surface area contributed by atoms with Gasteiger partial charge in [-0.1, -0.05) is 19.3 Å². The van der Waals surface area contributed by atoms with Crippen LogP contribution in [0.5, 0.6) is 0 Å². The highest BCUT2D eigenvalue weighted by molar-refractivity contribution is 5.80. The fourth-order valence-electron chi connectivity index (χ4n) is 3.27. The van der Waals surface area contributed by atoms with Gasteiger partial charge in [-0.2, -0.15) is 0 Å². The van der Waals surface area contributed by atoms with Gasteiger partial charge < -0.3 is 14.7 Å². The van der Waals surface area contributed by atoms with Crippen molar-refractivity contribution in [3.05, 3.63) is 0 Å². The van der Waals surface area contributed by atoms with Gasteiger partial charge in [0.15, 0.2) is 0 Å². The number of nitrogens with zero attached hydrogens (tertiary/aromatic N) is 1. The largest absolute Gasteiger partial charge is 0.481 e. The lowest BCUT2D eigenvalue weighted by atomic mass is 9.87. The quantitative estimate of drug-likeness (QED) is 0.838. The van der Waals surface area contributed by atoms with Gasteiger partial charge in [0.1, 0.15) is 0 Å². The molecule has 1 saturated heterocycles. The van der Waals surface area contributed by atoms with Gasteiger partial charge in [0.05, 0.1) is 6.42 Å². The molecule has 0 bridgehead atoms. The third-order valence-corrected chi connectivity index (χ3v) is 4.44. The van der Waals surface area contributed by atoms with Gasteiger partial charge in [-0.15, -0.1) is 0 Å². The molecule has 0 aromatic heterocycles. The lowest BCUT2D eigenvalue weighted by Gasteiger charge is -2.37. The molecule has 2 aliphatic rings. The molecular formula is C15H25NO4. The molecule has 0 aromatic rings. The van der Waals surface area contributed by atoms with Crippen LogP contribution in [-0.2, 0) is 14.3 Å². The van der Waals surface area contributed by atoms with Gasteiger partial charge in [0, 0.05) is 31.7 Å². The van der Waals surface area contributed by atoms with E-state index in [9.17, 15) is 9.59 Å². The van der Waals surface area contributed by atoms with Crippen LogP contribution in [-0.4, -0.2) is 47.7 Å². The number of carboxylic acids is 1. The summed E-state index contributed by atoms with van der Waals surface area (Å²) in [5, 5.41) is 8.89. The Bertz CT molecular complexity index is 333. The van der Waals surface area contributed by atoms with Crippen molar-refractivity contribution in [3.8, 4) is 0 Å². The van der Waals surface area contributed by atoms with Crippen molar-refractivity contribution >= 4 is 11.9 Å². The maximum absolute atomic E-state index is 12.7. The van der Waals surface area contributed by atoms with E-state index in [0.717, 1.165) is 38.5 Å². The molecule has 20 heavy (non-hydrogen) atoms. The molecule has 2 rings (SSSR count). The first-order valence-electron chi connectivity index (χ1n) is 7.78. The minimum absolute atomic E-state index is 0.0375. The first-order valence-corrected chi connectivity index (χ1v) is 7.78. The fourth-order valence-corrected chi connectivity index (χ4v) is 3.27. The van der Waals surface area contributed by atoms with Crippen LogP contribution in [0.2, 0.25) is 0 Å². The molecular weight excluding hydrogens is 258 g/mol. The highest BCUT2D eigenvalue weighted by Gasteiger charge is 2.31. The number of carboxylic acid groups (broad SMARTS) is 1. The maximum Gasteiger partial charge on any atom is 0.305 e. The van der Waals surface area contributed by atoms with Gasteiger partial charge in [-0.25, -0.2) is 0 Å². The van der Waals surface area contributed by atoms with E-state index in [-0.39, 0.29) is 24.3 Å². The van der Waals surface area contributed by atoms with Crippen LogP contribution in [0.15, 0.2) is 0 Å². The summed E-state index contributed by atoms with van der Waals surface area (Å²) >= 11 is 0. The first-order chi connectivity index (χ1) is 9.68. The van der Waals surface area contributed by atoms with Crippen LogP contribution in [0.3, 0.4) is 0 Å². The molecule has 0 unspecified atom stereocenters. The summed E-state index contributed by atoms with van der Waals surface area (Å²) in [4.78, 5) is 25.4. The average Bonchev–Trinajstić information content (AvgIpc) is 2.49. The van der Waals surface area contributed by atoms with Crippen LogP contribution in [0.1, 0.15) is 51.4 Å². The lowest BCUT2D eigenvalue weighted by molar-refractivity contribution is -0.143. The van der Waals surface area contributed by atoms with Crippen LogP contribution in [0.25, 0.3) is 0 Å². The zero-order chi connectivity index (χ0) is 14.4. The first kappa shape index (κ1) is 15.3. The topological polar surface area (TPSA) is 66.8 Å². The average molecular weight is 283 g/mol. The van der Waals surface area contributed by atoms with Crippen LogP contribution in [0, 0.1) is 5.92 Å². The van der Waals surface area contributed by atoms with E-state index in [1.165, 1.54) is 6.42 Å². The van der Waals surface area contributed by atoms with Gasteiger partial charge >= 0.3 is 5.97 Å². The smallest absolute Gasteiger partial charge is 0.305 e. The SMILES string of the molecule is O=C(O)CCN(C(=O)C1CCCCC1)C1CCOCC1. The second-order valence-electron chi connectivity index (χ2n) is 5.85. The Morgan fingerprint density at radius 2 is 1.70 bits per heavy atom. The number of amides is 1. The zero-order valence-electron chi connectivity index (χ0n) is 12.1. The summed E-state index contributed by atoms with van der Waals surface area (Å²) in [6.07, 6.45) is 7.09. The second kappa shape index (κ2) is 7.62. The molecule has 0 spiro atoms. The summed E-state index contributed by atoms with van der Waals surface area (Å²) in [5.74, 6) is -0.545. The van der Waals surface area contributed by atoms with Crippen molar-refractivity contribution in [3.63, 3.8) is 0 Å². The van der Waals surface area contributed by atoms with E-state index < -0.39 is 5.97 Å². The molecule has 0 radical (unpaired) electrons. The minimum Gasteiger partial charge on any atom is -0.481 e. The summed E-state index contributed by atoms with van der Waals surface area (Å²) < 4.78 is 5.35. The van der Waals surface area contributed by atoms with E-state index in [1.807, 2.05) is 4.90 Å². The van der Waals surface area contributed by atoms with Crippen LogP contribution >= 0.6 is 0 Å². The highest BCUT2D eigenvalue weighted by atomic mass is 16.5. The van der Waals surface area contributed by atoms with Gasteiger partial charge in [0.25, 0.3) is 0 Å². The second-order valence-corrected chi connectivity index (χ2v) is 5.85. The molecule has 1 N–H and O–H groups in total. The Morgan fingerprint density at radius 1 is 1.05 bits per heavy atom. The number of carbonyl (C=O) groups is 2. The number of hydrogen-bond acceptors (Lipinski definition) is 3. The van der Waals surface area contributed by atoms with E-state index in [4.69, 9.17) is 9.84 Å². The number of hydrogen-bond donors (Lipinski definition) is 1.